The molecule has 110 valence electrons. The first kappa shape index (κ1) is 15.3. The topological polar surface area (TPSA) is 52.3 Å². The Hall–Kier alpha value is -2.13. The number of esters is 1. The molecule has 3 heteroatoms. The molecule has 0 bridgehead atoms. The number of ether oxygens (including phenoxy) is 1. The van der Waals surface area contributed by atoms with E-state index >= 15 is 0 Å². The van der Waals surface area contributed by atoms with Crippen molar-refractivity contribution >= 4 is 5.97 Å². The van der Waals surface area contributed by atoms with E-state index in [-0.39, 0.29) is 12.1 Å². The van der Waals surface area contributed by atoms with E-state index in [0.29, 0.717) is 0 Å². The highest BCUT2D eigenvalue weighted by Gasteiger charge is 2.22. The van der Waals surface area contributed by atoms with Crippen molar-refractivity contribution in [2.75, 3.05) is 0 Å². The van der Waals surface area contributed by atoms with Crippen LogP contribution in [0.3, 0.4) is 0 Å². The summed E-state index contributed by atoms with van der Waals surface area (Å²) in [6, 6.07) is 18.3. The fourth-order valence-electron chi connectivity index (χ4n) is 2.23. The quantitative estimate of drug-likeness (QED) is 0.821. The molecule has 2 N–H and O–H groups in total. The van der Waals surface area contributed by atoms with Gasteiger partial charge in [-0.3, -0.25) is 0 Å². The minimum atomic E-state index is -0.741. The molecule has 0 radical (unpaired) electrons. The molecule has 0 saturated carbocycles. The molecule has 3 nitrogen and oxygen atoms in total. The van der Waals surface area contributed by atoms with Crippen molar-refractivity contribution in [3.8, 4) is 0 Å². The molecule has 21 heavy (non-hydrogen) atoms. The van der Waals surface area contributed by atoms with Crippen LogP contribution in [-0.4, -0.2) is 5.97 Å². The average molecular weight is 283 g/mol. The lowest BCUT2D eigenvalue weighted by Gasteiger charge is -2.20. The lowest BCUT2D eigenvalue weighted by molar-refractivity contribution is -0.151. The van der Waals surface area contributed by atoms with Crippen LogP contribution in [-0.2, 0) is 9.53 Å². The number of hydrogen-bond acceptors (Lipinski definition) is 3. The summed E-state index contributed by atoms with van der Waals surface area (Å²) < 4.78 is 5.63. The van der Waals surface area contributed by atoms with Gasteiger partial charge in [-0.25, -0.2) is 4.79 Å². The SMILES string of the molecule is CCCC(OC(=O)C(N)c1ccccc1)c1ccccc1. The third kappa shape index (κ3) is 4.17. The number of carbonyl (C=O) groups excluding carboxylic acids is 1. The molecule has 0 aliphatic heterocycles. The second-order valence-electron chi connectivity index (χ2n) is 5.01. The van der Waals surface area contributed by atoms with Gasteiger partial charge >= 0.3 is 5.97 Å². The van der Waals surface area contributed by atoms with E-state index in [2.05, 4.69) is 6.92 Å². The zero-order valence-electron chi connectivity index (χ0n) is 12.2. The molecule has 2 aromatic rings. The first-order valence-corrected chi connectivity index (χ1v) is 7.28. The van der Waals surface area contributed by atoms with Gasteiger partial charge in [0.2, 0.25) is 0 Å². The average Bonchev–Trinajstić information content (AvgIpc) is 2.55. The summed E-state index contributed by atoms with van der Waals surface area (Å²) in [7, 11) is 0. The summed E-state index contributed by atoms with van der Waals surface area (Å²) in [5.74, 6) is -0.386. The van der Waals surface area contributed by atoms with Crippen molar-refractivity contribution < 1.29 is 9.53 Å². The minimum Gasteiger partial charge on any atom is -0.456 e. The zero-order chi connectivity index (χ0) is 15.1. The van der Waals surface area contributed by atoms with E-state index in [1.165, 1.54) is 0 Å². The molecule has 2 unspecified atom stereocenters. The van der Waals surface area contributed by atoms with Crippen molar-refractivity contribution in [2.45, 2.75) is 31.9 Å². The number of nitrogens with two attached hydrogens (primary N) is 1. The molecule has 0 saturated heterocycles. The second-order valence-corrected chi connectivity index (χ2v) is 5.01. The lowest BCUT2D eigenvalue weighted by atomic mass is 10.0. The smallest absolute Gasteiger partial charge is 0.328 e. The summed E-state index contributed by atoms with van der Waals surface area (Å²) in [4.78, 5) is 12.3. The van der Waals surface area contributed by atoms with Gasteiger partial charge in [0.05, 0.1) is 0 Å². The Morgan fingerprint density at radius 2 is 1.52 bits per heavy atom. The fourth-order valence-corrected chi connectivity index (χ4v) is 2.23. The van der Waals surface area contributed by atoms with Crippen molar-refractivity contribution in [2.24, 2.45) is 5.73 Å². The van der Waals surface area contributed by atoms with Crippen LogP contribution in [0.4, 0.5) is 0 Å². The third-order valence-corrected chi connectivity index (χ3v) is 3.39. The highest BCUT2D eigenvalue weighted by molar-refractivity contribution is 5.77. The Labute approximate surface area is 125 Å². The third-order valence-electron chi connectivity index (χ3n) is 3.39. The molecule has 2 atom stereocenters. The van der Waals surface area contributed by atoms with Crippen LogP contribution in [0.15, 0.2) is 60.7 Å². The van der Waals surface area contributed by atoms with Gasteiger partial charge in [-0.05, 0) is 17.5 Å². The first-order valence-electron chi connectivity index (χ1n) is 7.28. The van der Waals surface area contributed by atoms with Gasteiger partial charge in [-0.15, -0.1) is 0 Å². The second kappa shape index (κ2) is 7.60. The predicted molar refractivity (Wildman–Crippen MR) is 83.6 cm³/mol. The number of carbonyl (C=O) groups is 1. The minimum absolute atomic E-state index is 0.238. The van der Waals surface area contributed by atoms with E-state index in [1.807, 2.05) is 60.7 Å². The van der Waals surface area contributed by atoms with Crippen LogP contribution < -0.4 is 5.73 Å². The van der Waals surface area contributed by atoms with Crippen LogP contribution in [0.2, 0.25) is 0 Å². The van der Waals surface area contributed by atoms with Gasteiger partial charge in [0, 0.05) is 0 Å². The number of rotatable bonds is 6. The molecule has 2 rings (SSSR count). The van der Waals surface area contributed by atoms with Gasteiger partial charge in [-0.2, -0.15) is 0 Å². The van der Waals surface area contributed by atoms with Crippen LogP contribution in [0.25, 0.3) is 0 Å². The largest absolute Gasteiger partial charge is 0.456 e. The Kier molecular flexibility index (Phi) is 5.52. The standard InChI is InChI=1S/C18H21NO2/c1-2-9-16(14-10-5-3-6-11-14)21-18(20)17(19)15-12-7-4-8-13-15/h3-8,10-13,16-17H,2,9,19H2,1H3. The predicted octanol–water partition coefficient (Wildman–Crippen LogP) is 3.77. The highest BCUT2D eigenvalue weighted by atomic mass is 16.5. The van der Waals surface area contributed by atoms with E-state index in [0.717, 1.165) is 24.0 Å². The Morgan fingerprint density at radius 3 is 2.05 bits per heavy atom. The van der Waals surface area contributed by atoms with Crippen LogP contribution >= 0.6 is 0 Å². The molecule has 0 aliphatic carbocycles. The molecule has 0 spiro atoms. The van der Waals surface area contributed by atoms with Gasteiger partial charge in [0.25, 0.3) is 0 Å². The zero-order valence-corrected chi connectivity index (χ0v) is 12.2. The molecule has 0 aliphatic rings. The molecule has 2 aromatic carbocycles. The van der Waals surface area contributed by atoms with Crippen LogP contribution in [0, 0.1) is 0 Å². The fraction of sp³-hybridized carbons (Fsp3) is 0.278. The molecule has 0 fully saturated rings. The maximum Gasteiger partial charge on any atom is 0.328 e. The summed E-state index contributed by atoms with van der Waals surface area (Å²) in [6.45, 7) is 2.07. The van der Waals surface area contributed by atoms with Crippen molar-refractivity contribution in [3.05, 3.63) is 71.8 Å². The van der Waals surface area contributed by atoms with Gasteiger partial charge < -0.3 is 10.5 Å². The molecule has 0 heterocycles. The Bertz CT molecular complexity index is 554. The van der Waals surface area contributed by atoms with Gasteiger partial charge in [0.1, 0.15) is 12.1 Å². The summed E-state index contributed by atoms with van der Waals surface area (Å²) in [5.41, 5.74) is 7.76. The molecular formula is C18H21NO2. The van der Waals surface area contributed by atoms with Crippen molar-refractivity contribution in [1.29, 1.82) is 0 Å². The Balaban J connectivity index is 2.08. The lowest BCUT2D eigenvalue weighted by Crippen LogP contribution is -2.25. The normalized spacial score (nSPS) is 13.4. The van der Waals surface area contributed by atoms with E-state index in [9.17, 15) is 4.79 Å². The summed E-state index contributed by atoms with van der Waals surface area (Å²) in [5, 5.41) is 0. The first-order chi connectivity index (χ1) is 10.2. The summed E-state index contributed by atoms with van der Waals surface area (Å²) >= 11 is 0. The molecular weight excluding hydrogens is 262 g/mol. The van der Waals surface area contributed by atoms with Crippen molar-refractivity contribution in [1.82, 2.24) is 0 Å². The summed E-state index contributed by atoms with van der Waals surface area (Å²) in [6.07, 6.45) is 1.49. The molecule has 0 amide bonds. The van der Waals surface area contributed by atoms with Gasteiger partial charge in [0.15, 0.2) is 0 Å². The Morgan fingerprint density at radius 1 is 1.00 bits per heavy atom. The monoisotopic (exact) mass is 283 g/mol. The maximum absolute atomic E-state index is 12.3. The number of hydrogen-bond donors (Lipinski definition) is 1. The van der Waals surface area contributed by atoms with E-state index in [1.54, 1.807) is 0 Å². The maximum atomic E-state index is 12.3. The number of benzene rings is 2. The van der Waals surface area contributed by atoms with E-state index < -0.39 is 6.04 Å². The van der Waals surface area contributed by atoms with Gasteiger partial charge in [-0.1, -0.05) is 74.0 Å². The van der Waals surface area contributed by atoms with Crippen molar-refractivity contribution in [3.63, 3.8) is 0 Å². The van der Waals surface area contributed by atoms with Crippen LogP contribution in [0.1, 0.15) is 43.0 Å². The molecule has 0 aromatic heterocycles. The van der Waals surface area contributed by atoms with Crippen LogP contribution in [0.5, 0.6) is 0 Å². The van der Waals surface area contributed by atoms with E-state index in [4.69, 9.17) is 10.5 Å². The highest BCUT2D eigenvalue weighted by Crippen LogP contribution is 2.25.